The van der Waals surface area contributed by atoms with Crippen LogP contribution in [0.15, 0.2) is 0 Å². The largest absolute Gasteiger partial charge is 0.346 e. The van der Waals surface area contributed by atoms with Crippen LogP contribution in [0.1, 0.15) is 13.8 Å². The second-order valence-corrected chi connectivity index (χ2v) is 2.04. The molecule has 0 atom stereocenters. The minimum absolute atomic E-state index is 0.148. The molecule has 0 aliphatic rings. The molecule has 0 radical (unpaired) electrons. The number of rotatable bonds is 1. The van der Waals surface area contributed by atoms with Gasteiger partial charge in [0.2, 0.25) is 5.91 Å². The Morgan fingerprint density at radius 3 is 2.50 bits per heavy atom. The molecule has 2 N–H and O–H groups in total. The van der Waals surface area contributed by atoms with Crippen LogP contribution < -0.4 is 5.32 Å². The van der Waals surface area contributed by atoms with Crippen LogP contribution in [-0.2, 0) is 4.79 Å². The van der Waals surface area contributed by atoms with Crippen molar-refractivity contribution in [1.82, 2.24) is 10.2 Å². The molecule has 1 amide bonds. The summed E-state index contributed by atoms with van der Waals surface area (Å²) in [5.74, 6) is -0.0553. The van der Waals surface area contributed by atoms with Gasteiger partial charge in [-0.25, -0.2) is 0 Å². The van der Waals surface area contributed by atoms with Gasteiger partial charge in [-0.05, 0) is 6.92 Å². The van der Waals surface area contributed by atoms with Gasteiger partial charge in [0.05, 0.1) is 0 Å². The van der Waals surface area contributed by atoms with E-state index in [1.807, 2.05) is 6.92 Å². The number of amides is 1. The Bertz CT molecular complexity index is 144. The van der Waals surface area contributed by atoms with Crippen molar-refractivity contribution in [1.29, 1.82) is 5.41 Å². The van der Waals surface area contributed by atoms with E-state index in [2.05, 4.69) is 5.32 Å². The van der Waals surface area contributed by atoms with Gasteiger partial charge >= 0.3 is 0 Å². The summed E-state index contributed by atoms with van der Waals surface area (Å²) >= 11 is 0. The molecule has 0 aliphatic heterocycles. The zero-order valence-electron chi connectivity index (χ0n) is 6.56. The summed E-state index contributed by atoms with van der Waals surface area (Å²) in [4.78, 5) is 12.0. The molecule has 10 heavy (non-hydrogen) atoms. The Kier molecular flexibility index (Phi) is 3.46. The molecule has 0 rings (SSSR count). The second kappa shape index (κ2) is 3.87. The van der Waals surface area contributed by atoms with Crippen molar-refractivity contribution in [3.63, 3.8) is 0 Å². The van der Waals surface area contributed by atoms with Crippen LogP contribution in [0.25, 0.3) is 0 Å². The number of hydrogen-bond acceptors (Lipinski definition) is 2. The number of hydrogen-bond donors (Lipinski definition) is 2. The summed E-state index contributed by atoms with van der Waals surface area (Å²) < 4.78 is 0. The van der Waals surface area contributed by atoms with Gasteiger partial charge in [0, 0.05) is 20.5 Å². The van der Waals surface area contributed by atoms with Crippen LogP contribution in [0.3, 0.4) is 0 Å². The third kappa shape index (κ3) is 3.06. The highest BCUT2D eigenvalue weighted by molar-refractivity contribution is 5.94. The number of carbonyl (C=O) groups is 1. The molecule has 0 bridgehead atoms. The third-order valence-electron chi connectivity index (χ3n) is 1.15. The van der Waals surface area contributed by atoms with Crippen LogP contribution >= 0.6 is 0 Å². The van der Waals surface area contributed by atoms with E-state index in [4.69, 9.17) is 5.41 Å². The highest BCUT2D eigenvalue weighted by Gasteiger charge is 2.01. The molecular formula is C6H13N3O. The molecule has 0 saturated heterocycles. The molecule has 0 saturated carbocycles. The van der Waals surface area contributed by atoms with Crippen molar-refractivity contribution < 1.29 is 4.79 Å². The van der Waals surface area contributed by atoms with E-state index in [9.17, 15) is 4.79 Å². The van der Waals surface area contributed by atoms with E-state index in [0.717, 1.165) is 6.54 Å². The van der Waals surface area contributed by atoms with Gasteiger partial charge in [-0.1, -0.05) is 0 Å². The molecule has 58 valence electrons. The molecule has 0 aliphatic carbocycles. The van der Waals surface area contributed by atoms with Crippen LogP contribution in [0.2, 0.25) is 0 Å². The summed E-state index contributed by atoms with van der Waals surface area (Å²) in [5.41, 5.74) is 0. The molecule has 0 aromatic rings. The molecule has 0 aromatic heterocycles. The maximum Gasteiger partial charge on any atom is 0.223 e. The monoisotopic (exact) mass is 143 g/mol. The third-order valence-corrected chi connectivity index (χ3v) is 1.15. The van der Waals surface area contributed by atoms with Crippen molar-refractivity contribution in [3.8, 4) is 0 Å². The molecule has 4 heteroatoms. The standard InChI is InChI=1S/C6H13N3O/c1-4-9(3)6(7)8-5(2)10/h4H2,1-3H3,(H2,7,8,10). The summed E-state index contributed by atoms with van der Waals surface area (Å²) in [6.45, 7) is 4.02. The second-order valence-electron chi connectivity index (χ2n) is 2.04. The SMILES string of the molecule is CCN(C)C(=N)NC(C)=O. The number of nitrogens with one attached hydrogen (secondary N) is 2. The van der Waals surface area contributed by atoms with Gasteiger partial charge < -0.3 is 4.90 Å². The van der Waals surface area contributed by atoms with E-state index in [-0.39, 0.29) is 11.9 Å². The predicted octanol–water partition coefficient (Wildman–Crippen LogP) is 0.00897. The molecule has 4 nitrogen and oxygen atoms in total. The molecule has 0 unspecified atom stereocenters. The quantitative estimate of drug-likeness (QED) is 0.401. The van der Waals surface area contributed by atoms with Gasteiger partial charge in [0.25, 0.3) is 0 Å². The van der Waals surface area contributed by atoms with Crippen LogP contribution in [0.4, 0.5) is 0 Å². The summed E-state index contributed by atoms with van der Waals surface area (Å²) in [5, 5.41) is 9.58. The van der Waals surface area contributed by atoms with Gasteiger partial charge in [-0.3, -0.25) is 15.5 Å². The van der Waals surface area contributed by atoms with E-state index >= 15 is 0 Å². The van der Waals surface area contributed by atoms with Crippen molar-refractivity contribution in [2.45, 2.75) is 13.8 Å². The minimum atomic E-state index is -0.203. The molecular weight excluding hydrogens is 130 g/mol. The average molecular weight is 143 g/mol. The average Bonchev–Trinajstić information content (AvgIpc) is 1.85. The Labute approximate surface area is 60.7 Å². The van der Waals surface area contributed by atoms with Crippen molar-refractivity contribution in [3.05, 3.63) is 0 Å². The Balaban J connectivity index is 3.73. The fraction of sp³-hybridized carbons (Fsp3) is 0.667. The Morgan fingerprint density at radius 2 is 2.20 bits per heavy atom. The maximum absolute atomic E-state index is 10.4. The predicted molar refractivity (Wildman–Crippen MR) is 39.8 cm³/mol. The lowest BCUT2D eigenvalue weighted by molar-refractivity contribution is -0.117. The normalized spacial score (nSPS) is 8.70. The van der Waals surface area contributed by atoms with Crippen LogP contribution in [-0.4, -0.2) is 30.4 Å². The number of guanidine groups is 1. The smallest absolute Gasteiger partial charge is 0.223 e. The maximum atomic E-state index is 10.4. The summed E-state index contributed by atoms with van der Waals surface area (Å²) in [6.07, 6.45) is 0. The molecule has 0 aromatic carbocycles. The van der Waals surface area contributed by atoms with Gasteiger partial charge in [0.15, 0.2) is 5.96 Å². The van der Waals surface area contributed by atoms with Crippen molar-refractivity contribution in [2.75, 3.05) is 13.6 Å². The van der Waals surface area contributed by atoms with Gasteiger partial charge in [-0.2, -0.15) is 0 Å². The number of carbonyl (C=O) groups excluding carboxylic acids is 1. The van der Waals surface area contributed by atoms with Crippen LogP contribution in [0.5, 0.6) is 0 Å². The summed E-state index contributed by atoms with van der Waals surface area (Å²) in [7, 11) is 1.75. The van der Waals surface area contributed by atoms with E-state index in [1.54, 1.807) is 11.9 Å². The van der Waals surface area contributed by atoms with Crippen molar-refractivity contribution >= 4 is 11.9 Å². The fourth-order valence-electron chi connectivity index (χ4n) is 0.420. The van der Waals surface area contributed by atoms with E-state index in [0.29, 0.717) is 0 Å². The highest BCUT2D eigenvalue weighted by Crippen LogP contribution is 1.78. The molecule has 0 spiro atoms. The topological polar surface area (TPSA) is 56.2 Å². The minimum Gasteiger partial charge on any atom is -0.346 e. The van der Waals surface area contributed by atoms with E-state index < -0.39 is 0 Å². The Morgan fingerprint density at radius 1 is 1.70 bits per heavy atom. The lowest BCUT2D eigenvalue weighted by atomic mass is 10.6. The fourth-order valence-corrected chi connectivity index (χ4v) is 0.420. The highest BCUT2D eigenvalue weighted by atomic mass is 16.1. The molecule has 0 heterocycles. The first-order valence-corrected chi connectivity index (χ1v) is 3.15. The number of nitrogens with zero attached hydrogens (tertiary/aromatic N) is 1. The van der Waals surface area contributed by atoms with Gasteiger partial charge in [0.1, 0.15) is 0 Å². The first-order valence-electron chi connectivity index (χ1n) is 3.15. The lowest BCUT2D eigenvalue weighted by Gasteiger charge is -2.16. The summed E-state index contributed by atoms with van der Waals surface area (Å²) in [6, 6.07) is 0. The lowest BCUT2D eigenvalue weighted by Crippen LogP contribution is -2.40. The zero-order valence-corrected chi connectivity index (χ0v) is 6.56. The first-order chi connectivity index (χ1) is 4.57. The van der Waals surface area contributed by atoms with Crippen molar-refractivity contribution in [2.24, 2.45) is 0 Å². The van der Waals surface area contributed by atoms with Gasteiger partial charge in [-0.15, -0.1) is 0 Å². The first kappa shape index (κ1) is 8.94. The molecule has 0 fully saturated rings. The zero-order chi connectivity index (χ0) is 8.15. The van der Waals surface area contributed by atoms with Crippen LogP contribution in [0, 0.1) is 5.41 Å². The Hall–Kier alpha value is -1.06. The van der Waals surface area contributed by atoms with E-state index in [1.165, 1.54) is 6.92 Å².